The minimum atomic E-state index is -1.33. The first-order valence-electron chi connectivity index (χ1n) is 5.44. The van der Waals surface area contributed by atoms with Crippen molar-refractivity contribution in [3.63, 3.8) is 0 Å². The molecule has 0 fully saturated rings. The van der Waals surface area contributed by atoms with Crippen LogP contribution in [-0.4, -0.2) is 12.6 Å². The van der Waals surface area contributed by atoms with Gasteiger partial charge in [-0.3, -0.25) is 0 Å². The molecule has 0 N–H and O–H groups in total. The van der Waals surface area contributed by atoms with E-state index in [-0.39, 0.29) is 5.56 Å². The predicted molar refractivity (Wildman–Crippen MR) is 62.3 cm³/mol. The van der Waals surface area contributed by atoms with Crippen LogP contribution in [0.25, 0.3) is 11.1 Å². The van der Waals surface area contributed by atoms with E-state index in [1.807, 2.05) is 0 Å². The normalized spacial score (nSPS) is 10.2. The maximum Gasteiger partial charge on any atom is 0.133 e. The van der Waals surface area contributed by atoms with Crippen LogP contribution >= 0.6 is 0 Å². The lowest BCUT2D eigenvalue weighted by Crippen LogP contribution is -2.28. The lowest BCUT2D eigenvalue weighted by atomic mass is 10.1. The van der Waals surface area contributed by atoms with Crippen LogP contribution < -0.4 is 9.84 Å². The number of aliphatic carboxylic acids is 1. The Morgan fingerprint density at radius 1 is 1.11 bits per heavy atom. The maximum atomic E-state index is 13.5. The Hall–Kier alpha value is -2.43. The standard InChI is InChI=1S/C14H10F2O3/c15-10-3-6-12(13(16)7-10)9-1-4-11(5-2-9)19-8-14(17)18/h1-7H,8H2,(H,17,18)/p-1. The molecule has 98 valence electrons. The molecule has 2 aromatic rings. The van der Waals surface area contributed by atoms with Crippen LogP contribution in [0.1, 0.15) is 0 Å². The molecule has 0 aliphatic rings. The Morgan fingerprint density at radius 3 is 2.37 bits per heavy atom. The first kappa shape index (κ1) is 13.0. The first-order valence-corrected chi connectivity index (χ1v) is 5.44. The summed E-state index contributed by atoms with van der Waals surface area (Å²) in [5.74, 6) is -2.30. The third-order valence-corrected chi connectivity index (χ3v) is 2.45. The highest BCUT2D eigenvalue weighted by molar-refractivity contribution is 5.67. The van der Waals surface area contributed by atoms with Crippen LogP contribution in [0.4, 0.5) is 8.78 Å². The van der Waals surface area contributed by atoms with Gasteiger partial charge in [0.1, 0.15) is 24.0 Å². The number of halogens is 2. The van der Waals surface area contributed by atoms with Gasteiger partial charge in [0.25, 0.3) is 0 Å². The Morgan fingerprint density at radius 2 is 1.79 bits per heavy atom. The predicted octanol–water partition coefficient (Wildman–Crippen LogP) is 1.76. The van der Waals surface area contributed by atoms with Crippen molar-refractivity contribution in [2.75, 3.05) is 6.61 Å². The number of carbonyl (C=O) groups is 1. The topological polar surface area (TPSA) is 49.4 Å². The molecule has 0 radical (unpaired) electrons. The number of rotatable bonds is 4. The van der Waals surface area contributed by atoms with Gasteiger partial charge >= 0.3 is 0 Å². The molecule has 0 spiro atoms. The summed E-state index contributed by atoms with van der Waals surface area (Å²) >= 11 is 0. The quantitative estimate of drug-likeness (QED) is 0.844. The van der Waals surface area contributed by atoms with E-state index in [1.165, 1.54) is 24.3 Å². The highest BCUT2D eigenvalue weighted by atomic mass is 19.1. The van der Waals surface area contributed by atoms with Gasteiger partial charge in [-0.2, -0.15) is 0 Å². The molecule has 5 heteroatoms. The number of benzene rings is 2. The van der Waals surface area contributed by atoms with Crippen molar-refractivity contribution >= 4 is 5.97 Å². The highest BCUT2D eigenvalue weighted by Gasteiger charge is 2.06. The molecule has 0 bridgehead atoms. The number of hydrogen-bond donors (Lipinski definition) is 0. The van der Waals surface area contributed by atoms with Crippen LogP contribution in [0.2, 0.25) is 0 Å². The number of carboxylic acids is 1. The molecule has 0 unspecified atom stereocenters. The van der Waals surface area contributed by atoms with E-state index in [1.54, 1.807) is 12.1 Å². The van der Waals surface area contributed by atoms with Crippen LogP contribution in [0.5, 0.6) is 5.75 Å². The summed E-state index contributed by atoms with van der Waals surface area (Å²) in [5, 5.41) is 10.2. The second kappa shape index (κ2) is 5.48. The van der Waals surface area contributed by atoms with Crippen molar-refractivity contribution in [2.24, 2.45) is 0 Å². The van der Waals surface area contributed by atoms with Gasteiger partial charge in [-0.05, 0) is 29.8 Å². The smallest absolute Gasteiger partial charge is 0.133 e. The summed E-state index contributed by atoms with van der Waals surface area (Å²) in [6.45, 7) is -0.551. The second-order valence-corrected chi connectivity index (χ2v) is 3.81. The van der Waals surface area contributed by atoms with Gasteiger partial charge in [-0.15, -0.1) is 0 Å². The summed E-state index contributed by atoms with van der Waals surface area (Å²) < 4.78 is 31.2. The van der Waals surface area contributed by atoms with Gasteiger partial charge in [0.2, 0.25) is 0 Å². The molecule has 3 nitrogen and oxygen atoms in total. The van der Waals surface area contributed by atoms with Crippen LogP contribution in [0, 0.1) is 11.6 Å². The van der Waals surface area contributed by atoms with Crippen LogP contribution in [0.3, 0.4) is 0 Å². The van der Waals surface area contributed by atoms with Crippen molar-refractivity contribution in [1.82, 2.24) is 0 Å². The van der Waals surface area contributed by atoms with Gasteiger partial charge in [0, 0.05) is 11.6 Å². The highest BCUT2D eigenvalue weighted by Crippen LogP contribution is 2.25. The van der Waals surface area contributed by atoms with E-state index in [9.17, 15) is 18.7 Å². The van der Waals surface area contributed by atoms with Gasteiger partial charge in [-0.25, -0.2) is 8.78 Å². The minimum absolute atomic E-state index is 0.257. The molecule has 0 amide bonds. The molecule has 19 heavy (non-hydrogen) atoms. The van der Waals surface area contributed by atoms with Crippen molar-refractivity contribution in [3.8, 4) is 16.9 Å². The third-order valence-electron chi connectivity index (χ3n) is 2.45. The Labute approximate surface area is 108 Å². The molecule has 0 aromatic heterocycles. The molecule has 2 aromatic carbocycles. The molecule has 0 atom stereocenters. The Kier molecular flexibility index (Phi) is 3.75. The van der Waals surface area contributed by atoms with Crippen molar-refractivity contribution in [2.45, 2.75) is 0 Å². The second-order valence-electron chi connectivity index (χ2n) is 3.81. The number of carboxylic acid groups (broad SMARTS) is 1. The largest absolute Gasteiger partial charge is 0.546 e. The molecular weight excluding hydrogens is 254 g/mol. The zero-order valence-electron chi connectivity index (χ0n) is 9.73. The third kappa shape index (κ3) is 3.28. The first-order chi connectivity index (χ1) is 9.06. The summed E-state index contributed by atoms with van der Waals surface area (Å²) in [4.78, 5) is 10.2. The average Bonchev–Trinajstić information content (AvgIpc) is 2.37. The lowest BCUT2D eigenvalue weighted by Gasteiger charge is -2.08. The lowest BCUT2D eigenvalue weighted by molar-refractivity contribution is -0.307. The number of carbonyl (C=O) groups excluding carboxylic acids is 1. The Bertz CT molecular complexity index is 594. The van der Waals surface area contributed by atoms with E-state index in [0.29, 0.717) is 11.3 Å². The fraction of sp³-hybridized carbons (Fsp3) is 0.0714. The van der Waals surface area contributed by atoms with E-state index in [2.05, 4.69) is 0 Å². The van der Waals surface area contributed by atoms with Crippen molar-refractivity contribution < 1.29 is 23.4 Å². The summed E-state index contributed by atoms with van der Waals surface area (Å²) in [6.07, 6.45) is 0. The fourth-order valence-electron chi connectivity index (χ4n) is 1.60. The molecule has 0 saturated carbocycles. The Balaban J connectivity index is 2.20. The van der Waals surface area contributed by atoms with E-state index >= 15 is 0 Å². The fourth-order valence-corrected chi connectivity index (χ4v) is 1.60. The average molecular weight is 263 g/mol. The van der Waals surface area contributed by atoms with Gasteiger partial charge in [-0.1, -0.05) is 12.1 Å². The zero-order chi connectivity index (χ0) is 13.8. The van der Waals surface area contributed by atoms with Crippen LogP contribution in [0.15, 0.2) is 42.5 Å². The van der Waals surface area contributed by atoms with Gasteiger partial charge in [0.05, 0.1) is 5.97 Å². The molecular formula is C14H9F2O3-. The monoisotopic (exact) mass is 263 g/mol. The zero-order valence-corrected chi connectivity index (χ0v) is 9.73. The molecule has 0 saturated heterocycles. The molecule has 0 aliphatic carbocycles. The van der Waals surface area contributed by atoms with Crippen LogP contribution in [-0.2, 0) is 4.79 Å². The van der Waals surface area contributed by atoms with E-state index in [4.69, 9.17) is 4.74 Å². The number of hydrogen-bond acceptors (Lipinski definition) is 3. The van der Waals surface area contributed by atoms with E-state index in [0.717, 1.165) is 6.07 Å². The van der Waals surface area contributed by atoms with E-state index < -0.39 is 24.2 Å². The van der Waals surface area contributed by atoms with Gasteiger partial charge < -0.3 is 14.6 Å². The molecule has 2 rings (SSSR count). The summed E-state index contributed by atoms with van der Waals surface area (Å²) in [6, 6.07) is 9.42. The van der Waals surface area contributed by atoms with Crippen molar-refractivity contribution in [3.05, 3.63) is 54.1 Å². The minimum Gasteiger partial charge on any atom is -0.546 e. The molecule has 0 aliphatic heterocycles. The summed E-state index contributed by atoms with van der Waals surface area (Å²) in [5.41, 5.74) is 0.797. The van der Waals surface area contributed by atoms with Gasteiger partial charge in [0.15, 0.2) is 0 Å². The SMILES string of the molecule is O=C([O-])COc1ccc(-c2ccc(F)cc2F)cc1. The maximum absolute atomic E-state index is 13.5. The summed E-state index contributed by atoms with van der Waals surface area (Å²) in [7, 11) is 0. The molecule has 0 heterocycles. The van der Waals surface area contributed by atoms with Crippen molar-refractivity contribution in [1.29, 1.82) is 0 Å². The number of ether oxygens (including phenoxy) is 1.